The molecule has 1 fully saturated rings. The molecule has 6 nitrogen and oxygen atoms in total. The highest BCUT2D eigenvalue weighted by atomic mass is 32.2. The van der Waals surface area contributed by atoms with Gasteiger partial charge >= 0.3 is 0 Å². The minimum atomic E-state index is -2.95. The molecule has 7 heteroatoms. The summed E-state index contributed by atoms with van der Waals surface area (Å²) < 4.78 is 27.4. The Bertz CT molecular complexity index is 469. The Morgan fingerprint density at radius 3 is 2.42 bits per heavy atom. The zero-order chi connectivity index (χ0) is 18.0. The zero-order valence-electron chi connectivity index (χ0n) is 15.7. The van der Waals surface area contributed by atoms with Crippen LogP contribution in [0.15, 0.2) is 4.99 Å². The molecule has 0 radical (unpaired) electrons. The number of aliphatic imine (C=N–C) groups is 1. The molecule has 1 rings (SSSR count). The van der Waals surface area contributed by atoms with Crippen LogP contribution in [0.5, 0.6) is 0 Å². The molecule has 0 unspecified atom stereocenters. The summed E-state index contributed by atoms with van der Waals surface area (Å²) in [5, 5.41) is 6.79. The molecule has 0 spiro atoms. The predicted octanol–water partition coefficient (Wildman–Crippen LogP) is 1.82. The minimum absolute atomic E-state index is 0.0636. The van der Waals surface area contributed by atoms with Gasteiger partial charge < -0.3 is 15.4 Å². The summed E-state index contributed by atoms with van der Waals surface area (Å²) in [6.07, 6.45) is 6.17. The summed E-state index contributed by atoms with van der Waals surface area (Å²) in [5.41, 5.74) is 0. The number of hydrogen-bond acceptors (Lipinski definition) is 4. The average molecular weight is 362 g/mol. The van der Waals surface area contributed by atoms with Gasteiger partial charge in [0.15, 0.2) is 5.96 Å². The van der Waals surface area contributed by atoms with E-state index in [1.54, 1.807) is 0 Å². The van der Waals surface area contributed by atoms with Crippen LogP contribution in [0.25, 0.3) is 0 Å². The van der Waals surface area contributed by atoms with Crippen molar-refractivity contribution in [1.29, 1.82) is 0 Å². The normalized spacial score (nSPS) is 22.6. The first-order chi connectivity index (χ1) is 11.3. The van der Waals surface area contributed by atoms with Crippen molar-refractivity contribution in [2.75, 3.05) is 38.3 Å². The van der Waals surface area contributed by atoms with Gasteiger partial charge in [-0.15, -0.1) is 0 Å². The van der Waals surface area contributed by atoms with Crippen LogP contribution in [0.3, 0.4) is 0 Å². The number of nitrogens with one attached hydrogen (secondary N) is 2. The van der Waals surface area contributed by atoms with Crippen molar-refractivity contribution in [3.63, 3.8) is 0 Å². The Morgan fingerprint density at radius 1 is 1.21 bits per heavy atom. The quantitative estimate of drug-likeness (QED) is 0.372. The van der Waals surface area contributed by atoms with Gasteiger partial charge in [0.2, 0.25) is 0 Å². The minimum Gasteiger partial charge on any atom is -0.378 e. The first-order valence-electron chi connectivity index (χ1n) is 9.12. The summed E-state index contributed by atoms with van der Waals surface area (Å²) >= 11 is 0. The molecule has 1 saturated carbocycles. The molecule has 0 aromatic rings. The molecule has 0 aliphatic heterocycles. The highest BCUT2D eigenvalue weighted by Crippen LogP contribution is 2.29. The molecule has 0 bridgehead atoms. The summed E-state index contributed by atoms with van der Waals surface area (Å²) in [7, 11) is -2.95. The lowest BCUT2D eigenvalue weighted by molar-refractivity contribution is 0.157. The van der Waals surface area contributed by atoms with Crippen molar-refractivity contribution < 1.29 is 13.2 Å². The van der Waals surface area contributed by atoms with E-state index in [-0.39, 0.29) is 12.4 Å². The van der Waals surface area contributed by atoms with Gasteiger partial charge in [0.05, 0.1) is 25.5 Å². The van der Waals surface area contributed by atoms with E-state index in [4.69, 9.17) is 4.74 Å². The zero-order valence-corrected chi connectivity index (χ0v) is 16.5. The van der Waals surface area contributed by atoms with Crippen molar-refractivity contribution >= 4 is 15.8 Å². The molecule has 24 heavy (non-hydrogen) atoms. The van der Waals surface area contributed by atoms with Crippen molar-refractivity contribution in [2.45, 2.75) is 52.5 Å². The van der Waals surface area contributed by atoms with Gasteiger partial charge in [0, 0.05) is 18.8 Å². The van der Waals surface area contributed by atoms with Crippen LogP contribution in [-0.4, -0.2) is 58.7 Å². The summed E-state index contributed by atoms with van der Waals surface area (Å²) in [6, 6.07) is 0.490. The number of ether oxygens (including phenoxy) is 1. The van der Waals surface area contributed by atoms with Crippen LogP contribution in [0.2, 0.25) is 0 Å². The Hall–Kier alpha value is -0.820. The molecule has 1 aliphatic rings. The predicted molar refractivity (Wildman–Crippen MR) is 100 cm³/mol. The second kappa shape index (κ2) is 10.9. The van der Waals surface area contributed by atoms with Gasteiger partial charge in [-0.25, -0.2) is 8.42 Å². The van der Waals surface area contributed by atoms with Crippen LogP contribution in [0, 0.1) is 11.8 Å². The van der Waals surface area contributed by atoms with E-state index in [0.717, 1.165) is 24.3 Å². The molecule has 0 saturated heterocycles. The fourth-order valence-electron chi connectivity index (χ4n) is 2.98. The molecule has 0 aromatic carbocycles. The van der Waals surface area contributed by atoms with Gasteiger partial charge in [-0.3, -0.25) is 4.99 Å². The van der Waals surface area contributed by atoms with Crippen LogP contribution in [0.4, 0.5) is 0 Å². The van der Waals surface area contributed by atoms with Gasteiger partial charge in [-0.2, -0.15) is 0 Å². The van der Waals surface area contributed by atoms with Gasteiger partial charge in [-0.1, -0.05) is 13.8 Å². The lowest BCUT2D eigenvalue weighted by Crippen LogP contribution is -2.45. The number of sulfone groups is 1. The summed E-state index contributed by atoms with van der Waals surface area (Å²) in [4.78, 5) is 4.52. The monoisotopic (exact) mass is 361 g/mol. The largest absolute Gasteiger partial charge is 0.378 e. The van der Waals surface area contributed by atoms with Crippen molar-refractivity contribution in [3.05, 3.63) is 0 Å². The highest BCUT2D eigenvalue weighted by molar-refractivity contribution is 7.90. The van der Waals surface area contributed by atoms with Crippen molar-refractivity contribution in [2.24, 2.45) is 16.8 Å². The lowest BCUT2D eigenvalue weighted by Gasteiger charge is -2.32. The maximum Gasteiger partial charge on any atom is 0.191 e. The third-order valence-electron chi connectivity index (χ3n) is 4.50. The van der Waals surface area contributed by atoms with Gasteiger partial charge in [0.1, 0.15) is 9.84 Å². The van der Waals surface area contributed by atoms with Crippen LogP contribution in [-0.2, 0) is 14.6 Å². The lowest BCUT2D eigenvalue weighted by atomic mass is 9.80. The molecule has 0 atom stereocenters. The Kier molecular flexibility index (Phi) is 9.66. The molecule has 0 heterocycles. The maximum atomic E-state index is 11.0. The first kappa shape index (κ1) is 21.2. The molecule has 0 aromatic heterocycles. The second-order valence-electron chi connectivity index (χ2n) is 7.00. The third kappa shape index (κ3) is 9.47. The topological polar surface area (TPSA) is 79.8 Å². The van der Waals surface area contributed by atoms with E-state index >= 15 is 0 Å². The Morgan fingerprint density at radius 2 is 1.88 bits per heavy atom. The number of guanidine groups is 1. The molecule has 0 amide bonds. The van der Waals surface area contributed by atoms with Gasteiger partial charge in [0.25, 0.3) is 0 Å². The standard InChI is InChI=1S/C17H35N3O3S/c1-5-18-17(19-10-11-23-12-13-24(4,21)22)20-16-8-6-15(7-9-16)14(2)3/h14-16H,5-13H2,1-4H3,(H2,18,19,20). The highest BCUT2D eigenvalue weighted by Gasteiger charge is 2.23. The van der Waals surface area contributed by atoms with E-state index in [1.165, 1.54) is 31.9 Å². The Labute approximate surface area is 147 Å². The van der Waals surface area contributed by atoms with Crippen LogP contribution in [0.1, 0.15) is 46.5 Å². The van der Waals surface area contributed by atoms with Crippen LogP contribution < -0.4 is 10.6 Å². The number of hydrogen-bond donors (Lipinski definition) is 2. The van der Waals surface area contributed by atoms with E-state index in [1.807, 2.05) is 0 Å². The molecule has 1 aliphatic carbocycles. The number of rotatable bonds is 9. The fraction of sp³-hybridized carbons (Fsp3) is 0.941. The third-order valence-corrected chi connectivity index (χ3v) is 5.41. The molecular formula is C17H35N3O3S. The SMILES string of the molecule is CCNC(=NCCOCCS(C)(=O)=O)NC1CCC(C(C)C)CC1. The van der Waals surface area contributed by atoms with Gasteiger partial charge in [-0.05, 0) is 44.4 Å². The maximum absolute atomic E-state index is 11.0. The summed E-state index contributed by atoms with van der Waals surface area (Å²) in [6.45, 7) is 8.70. The van der Waals surface area contributed by atoms with Crippen molar-refractivity contribution in [1.82, 2.24) is 10.6 Å². The summed E-state index contributed by atoms with van der Waals surface area (Å²) in [5.74, 6) is 2.52. The van der Waals surface area contributed by atoms with E-state index in [0.29, 0.717) is 19.2 Å². The van der Waals surface area contributed by atoms with Crippen LogP contribution >= 0.6 is 0 Å². The van der Waals surface area contributed by atoms with E-state index in [9.17, 15) is 8.42 Å². The first-order valence-corrected chi connectivity index (χ1v) is 11.2. The molecular weight excluding hydrogens is 326 g/mol. The average Bonchev–Trinajstić information content (AvgIpc) is 2.50. The molecule has 142 valence electrons. The molecule has 2 N–H and O–H groups in total. The van der Waals surface area contributed by atoms with Crippen molar-refractivity contribution in [3.8, 4) is 0 Å². The number of nitrogens with zero attached hydrogens (tertiary/aromatic N) is 1. The van der Waals surface area contributed by atoms with E-state index < -0.39 is 9.84 Å². The fourth-order valence-corrected chi connectivity index (χ4v) is 3.40. The Balaban J connectivity index is 2.30. The smallest absolute Gasteiger partial charge is 0.191 e. The van der Waals surface area contributed by atoms with E-state index in [2.05, 4.69) is 36.4 Å². The second-order valence-corrected chi connectivity index (χ2v) is 9.26.